The van der Waals surface area contributed by atoms with Gasteiger partial charge in [-0.15, -0.1) is 0 Å². The van der Waals surface area contributed by atoms with Crippen LogP contribution in [0, 0.1) is 0 Å². The molecule has 0 aromatic heterocycles. The zero-order valence-corrected chi connectivity index (χ0v) is 11.6. The Morgan fingerprint density at radius 3 is 2.00 bits per heavy atom. The number of hydrogen-bond donors (Lipinski definition) is 0. The average molecular weight is 334 g/mol. The topological polar surface area (TPSA) is 35.5 Å². The Labute approximate surface area is 123 Å². The van der Waals surface area contributed by atoms with E-state index in [1.54, 1.807) is 0 Å². The van der Waals surface area contributed by atoms with Crippen molar-refractivity contribution in [2.75, 3.05) is 6.61 Å². The summed E-state index contributed by atoms with van der Waals surface area (Å²) in [5.41, 5.74) is -0.580. The highest BCUT2D eigenvalue weighted by molar-refractivity contribution is 5.88. The van der Waals surface area contributed by atoms with Gasteiger partial charge in [-0.05, 0) is 25.7 Å². The molecule has 1 saturated carbocycles. The van der Waals surface area contributed by atoms with E-state index < -0.39 is 36.6 Å². The van der Waals surface area contributed by atoms with Crippen molar-refractivity contribution in [3.63, 3.8) is 0 Å². The molecule has 0 bridgehead atoms. The van der Waals surface area contributed by atoms with Gasteiger partial charge in [-0.1, -0.05) is 13.0 Å². The number of ether oxygens (including phenoxy) is 2. The summed E-state index contributed by atoms with van der Waals surface area (Å²) in [6.07, 6.45) is -11.6. The summed E-state index contributed by atoms with van der Waals surface area (Å²) >= 11 is 0. The number of hydrogen-bond acceptors (Lipinski definition) is 3. The highest BCUT2D eigenvalue weighted by Crippen LogP contribution is 2.35. The minimum atomic E-state index is -5.62. The maximum Gasteiger partial charge on any atom is 0.423 e. The van der Waals surface area contributed by atoms with Gasteiger partial charge in [-0.3, -0.25) is 0 Å². The van der Waals surface area contributed by atoms with E-state index in [-0.39, 0.29) is 6.10 Å². The SMILES string of the molecule is C=C(COC(C(F)(F)F)C(F)(F)F)C(=O)OC1CCCCC1. The van der Waals surface area contributed by atoms with E-state index in [2.05, 4.69) is 11.3 Å². The van der Waals surface area contributed by atoms with Crippen LogP contribution in [0.3, 0.4) is 0 Å². The predicted octanol–water partition coefficient (Wildman–Crippen LogP) is 3.93. The quantitative estimate of drug-likeness (QED) is 0.434. The lowest BCUT2D eigenvalue weighted by atomic mass is 9.98. The summed E-state index contributed by atoms with van der Waals surface area (Å²) in [5.74, 6) is -1.03. The van der Waals surface area contributed by atoms with Gasteiger partial charge in [0.1, 0.15) is 6.10 Å². The molecule has 0 spiro atoms. The molecule has 9 heteroatoms. The highest BCUT2D eigenvalue weighted by Gasteiger charge is 2.58. The summed E-state index contributed by atoms with van der Waals surface area (Å²) in [6, 6.07) is 0. The first-order chi connectivity index (χ1) is 10.0. The van der Waals surface area contributed by atoms with Crippen LogP contribution in [0.5, 0.6) is 0 Å². The van der Waals surface area contributed by atoms with Crippen molar-refractivity contribution in [1.29, 1.82) is 0 Å². The largest absolute Gasteiger partial charge is 0.459 e. The summed E-state index contributed by atoms with van der Waals surface area (Å²) in [6.45, 7) is 1.92. The normalized spacial score (nSPS) is 17.6. The molecule has 128 valence electrons. The molecule has 0 atom stereocenters. The molecule has 1 fully saturated rings. The van der Waals surface area contributed by atoms with Gasteiger partial charge in [-0.2, -0.15) is 26.3 Å². The fourth-order valence-electron chi connectivity index (χ4n) is 2.04. The predicted molar refractivity (Wildman–Crippen MR) is 64.0 cm³/mol. The molecule has 0 amide bonds. The van der Waals surface area contributed by atoms with E-state index in [0.29, 0.717) is 12.8 Å². The molecule has 0 aromatic rings. The van der Waals surface area contributed by atoms with Crippen molar-refractivity contribution in [3.05, 3.63) is 12.2 Å². The molecular formula is C13H16F6O3. The Kier molecular flexibility index (Phi) is 6.27. The number of carbonyl (C=O) groups is 1. The molecule has 1 aliphatic rings. The molecule has 1 rings (SSSR count). The van der Waals surface area contributed by atoms with Gasteiger partial charge in [0, 0.05) is 0 Å². The van der Waals surface area contributed by atoms with E-state index in [1.165, 1.54) is 0 Å². The van der Waals surface area contributed by atoms with Crippen LogP contribution in [-0.4, -0.2) is 37.1 Å². The third-order valence-electron chi connectivity index (χ3n) is 3.13. The van der Waals surface area contributed by atoms with Crippen LogP contribution < -0.4 is 0 Å². The van der Waals surface area contributed by atoms with Gasteiger partial charge < -0.3 is 9.47 Å². The number of esters is 1. The summed E-state index contributed by atoms with van der Waals surface area (Å²) < 4.78 is 82.3. The average Bonchev–Trinajstić information content (AvgIpc) is 2.36. The van der Waals surface area contributed by atoms with Crippen LogP contribution in [0.2, 0.25) is 0 Å². The fraction of sp³-hybridized carbons (Fsp3) is 0.769. The molecule has 0 aliphatic heterocycles. The minimum Gasteiger partial charge on any atom is -0.459 e. The minimum absolute atomic E-state index is 0.376. The first-order valence-electron chi connectivity index (χ1n) is 6.65. The van der Waals surface area contributed by atoms with Crippen molar-refractivity contribution in [3.8, 4) is 0 Å². The molecule has 0 heterocycles. The smallest absolute Gasteiger partial charge is 0.423 e. The second-order valence-corrected chi connectivity index (χ2v) is 5.04. The maximum absolute atomic E-state index is 12.2. The number of halogens is 6. The monoisotopic (exact) mass is 334 g/mol. The van der Waals surface area contributed by atoms with E-state index in [0.717, 1.165) is 19.3 Å². The number of alkyl halides is 6. The van der Waals surface area contributed by atoms with Crippen LogP contribution in [0.4, 0.5) is 26.3 Å². The van der Waals surface area contributed by atoms with E-state index in [9.17, 15) is 31.1 Å². The molecule has 0 radical (unpaired) electrons. The van der Waals surface area contributed by atoms with Gasteiger partial charge in [0.15, 0.2) is 0 Å². The maximum atomic E-state index is 12.2. The van der Waals surface area contributed by atoms with E-state index in [4.69, 9.17) is 4.74 Å². The summed E-state index contributed by atoms with van der Waals surface area (Å²) in [7, 11) is 0. The molecule has 0 saturated heterocycles. The lowest BCUT2D eigenvalue weighted by Gasteiger charge is -2.24. The lowest BCUT2D eigenvalue weighted by molar-refractivity contribution is -0.320. The molecule has 0 unspecified atom stereocenters. The number of rotatable bonds is 5. The van der Waals surface area contributed by atoms with Crippen molar-refractivity contribution in [2.24, 2.45) is 0 Å². The van der Waals surface area contributed by atoms with Gasteiger partial charge in [-0.25, -0.2) is 4.79 Å². The van der Waals surface area contributed by atoms with Crippen LogP contribution in [-0.2, 0) is 14.3 Å². The standard InChI is InChI=1S/C13H16F6O3/c1-8(10(20)22-9-5-3-2-4-6-9)7-21-11(12(14,15)16)13(17,18)19/h9,11H,1-7H2. The Bertz CT molecular complexity index is 382. The number of carbonyl (C=O) groups excluding carboxylic acids is 1. The molecular weight excluding hydrogens is 318 g/mol. The molecule has 22 heavy (non-hydrogen) atoms. The molecule has 3 nitrogen and oxygen atoms in total. The fourth-order valence-corrected chi connectivity index (χ4v) is 2.04. The zero-order valence-electron chi connectivity index (χ0n) is 11.6. The second-order valence-electron chi connectivity index (χ2n) is 5.04. The highest BCUT2D eigenvalue weighted by atomic mass is 19.4. The van der Waals surface area contributed by atoms with Crippen molar-refractivity contribution < 1.29 is 40.6 Å². The van der Waals surface area contributed by atoms with Gasteiger partial charge in [0.25, 0.3) is 0 Å². The zero-order chi connectivity index (χ0) is 17.0. The van der Waals surface area contributed by atoms with E-state index >= 15 is 0 Å². The Morgan fingerprint density at radius 1 is 1.05 bits per heavy atom. The van der Waals surface area contributed by atoms with Crippen LogP contribution in [0.1, 0.15) is 32.1 Å². The van der Waals surface area contributed by atoms with Crippen molar-refractivity contribution >= 4 is 5.97 Å². The van der Waals surface area contributed by atoms with Gasteiger partial charge >= 0.3 is 18.3 Å². The van der Waals surface area contributed by atoms with Gasteiger partial charge in [0.05, 0.1) is 12.2 Å². The summed E-state index contributed by atoms with van der Waals surface area (Å²) in [4.78, 5) is 11.6. The first kappa shape index (κ1) is 18.8. The Balaban J connectivity index is 2.50. The lowest BCUT2D eigenvalue weighted by Crippen LogP contribution is -2.44. The molecule has 0 N–H and O–H groups in total. The van der Waals surface area contributed by atoms with Crippen LogP contribution in [0.15, 0.2) is 12.2 Å². The Hall–Kier alpha value is -1.25. The first-order valence-corrected chi connectivity index (χ1v) is 6.65. The molecule has 0 aromatic carbocycles. The van der Waals surface area contributed by atoms with Crippen LogP contribution >= 0.6 is 0 Å². The van der Waals surface area contributed by atoms with Gasteiger partial charge in [0.2, 0.25) is 6.10 Å². The second kappa shape index (κ2) is 7.34. The van der Waals surface area contributed by atoms with Crippen molar-refractivity contribution in [2.45, 2.75) is 56.7 Å². The Morgan fingerprint density at radius 2 is 1.55 bits per heavy atom. The summed E-state index contributed by atoms with van der Waals surface area (Å²) in [5, 5.41) is 0. The van der Waals surface area contributed by atoms with E-state index in [1.807, 2.05) is 0 Å². The molecule has 1 aliphatic carbocycles. The third-order valence-corrected chi connectivity index (χ3v) is 3.13. The third kappa shape index (κ3) is 5.86. The van der Waals surface area contributed by atoms with Crippen LogP contribution in [0.25, 0.3) is 0 Å². The van der Waals surface area contributed by atoms with Crippen molar-refractivity contribution in [1.82, 2.24) is 0 Å².